The molecule has 1 fully saturated rings. The molecule has 146 valence electrons. The molecule has 0 saturated carbocycles. The third-order valence-electron chi connectivity index (χ3n) is 5.58. The van der Waals surface area contributed by atoms with Gasteiger partial charge < -0.3 is 15.1 Å². The molecule has 2 aliphatic heterocycles. The van der Waals surface area contributed by atoms with E-state index in [1.165, 1.54) is 12.1 Å². The van der Waals surface area contributed by atoms with Crippen LogP contribution in [0.25, 0.3) is 5.57 Å². The summed E-state index contributed by atoms with van der Waals surface area (Å²) in [6, 6.07) is 14.3. The smallest absolute Gasteiger partial charge is 0.321 e. The number of likely N-dealkylation sites (N-methyl/N-ethyl adjacent to an activating group) is 1. The number of urea groups is 1. The molecule has 1 N–H and O–H groups in total. The highest BCUT2D eigenvalue weighted by Crippen LogP contribution is 2.37. The summed E-state index contributed by atoms with van der Waals surface area (Å²) in [5.74, 6) is -0.329. The van der Waals surface area contributed by atoms with Gasteiger partial charge in [-0.25, -0.2) is 9.18 Å². The van der Waals surface area contributed by atoms with Gasteiger partial charge in [0.1, 0.15) is 5.82 Å². The molecule has 0 radical (unpaired) electrons. The van der Waals surface area contributed by atoms with Crippen LogP contribution in [-0.4, -0.2) is 48.6 Å². The molecular weight excluding hydrogens is 377 g/mol. The van der Waals surface area contributed by atoms with E-state index in [1.54, 1.807) is 11.0 Å². The number of hydrogen-bond acceptors (Lipinski definition) is 2. The van der Waals surface area contributed by atoms with Crippen molar-refractivity contribution >= 4 is 23.2 Å². The second-order valence-electron chi connectivity index (χ2n) is 7.34. The lowest BCUT2D eigenvalue weighted by atomic mass is 10.0. The van der Waals surface area contributed by atoms with Gasteiger partial charge in [-0.1, -0.05) is 48.0 Å². The van der Waals surface area contributed by atoms with Crippen LogP contribution in [0.1, 0.15) is 23.6 Å². The first-order chi connectivity index (χ1) is 13.5. The number of hydrogen-bond donors (Lipinski definition) is 1. The summed E-state index contributed by atoms with van der Waals surface area (Å²) in [6.45, 7) is 2.07. The Balaban J connectivity index is 1.67. The molecule has 1 saturated heterocycles. The van der Waals surface area contributed by atoms with Crippen molar-refractivity contribution in [1.29, 1.82) is 0 Å². The van der Waals surface area contributed by atoms with Crippen LogP contribution in [-0.2, 0) is 0 Å². The average molecular weight is 400 g/mol. The number of carbonyl (C=O) groups is 1. The van der Waals surface area contributed by atoms with Gasteiger partial charge in [0.15, 0.2) is 0 Å². The monoisotopic (exact) mass is 399 g/mol. The SMILES string of the molecule is CN(C(=O)N1CC(c2cc(Cl)ccc2F)=C[C@H]1c1ccccc1)C1CCNC1. The molecule has 4 rings (SSSR count). The fourth-order valence-corrected chi connectivity index (χ4v) is 4.15. The quantitative estimate of drug-likeness (QED) is 0.833. The minimum absolute atomic E-state index is 0.0451. The molecule has 6 heteroatoms. The van der Waals surface area contributed by atoms with Gasteiger partial charge in [-0.05, 0) is 42.3 Å². The second-order valence-corrected chi connectivity index (χ2v) is 7.78. The maximum Gasteiger partial charge on any atom is 0.321 e. The summed E-state index contributed by atoms with van der Waals surface area (Å²) in [6.07, 6.45) is 2.91. The zero-order chi connectivity index (χ0) is 19.7. The molecule has 2 heterocycles. The Morgan fingerprint density at radius 1 is 1.25 bits per heavy atom. The van der Waals surface area contributed by atoms with Crippen LogP contribution >= 0.6 is 11.6 Å². The first kappa shape index (κ1) is 19.0. The van der Waals surface area contributed by atoms with Crippen LogP contribution in [0.2, 0.25) is 5.02 Å². The third-order valence-corrected chi connectivity index (χ3v) is 5.82. The molecule has 2 aromatic carbocycles. The predicted octanol–water partition coefficient (Wildman–Crippen LogP) is 4.33. The highest BCUT2D eigenvalue weighted by Gasteiger charge is 2.35. The van der Waals surface area contributed by atoms with Gasteiger partial charge in [0.2, 0.25) is 0 Å². The molecule has 0 aromatic heterocycles. The van der Waals surface area contributed by atoms with E-state index in [0.717, 1.165) is 30.6 Å². The second kappa shape index (κ2) is 7.94. The summed E-state index contributed by atoms with van der Waals surface area (Å²) in [4.78, 5) is 16.9. The normalized spacial score (nSPS) is 21.7. The van der Waals surface area contributed by atoms with Gasteiger partial charge in [-0.2, -0.15) is 0 Å². The third kappa shape index (κ3) is 3.64. The predicted molar refractivity (Wildman–Crippen MR) is 110 cm³/mol. The van der Waals surface area contributed by atoms with E-state index in [-0.39, 0.29) is 23.9 Å². The summed E-state index contributed by atoms with van der Waals surface area (Å²) in [5.41, 5.74) is 2.24. The molecular formula is C22H23ClFN3O. The van der Waals surface area contributed by atoms with Crippen molar-refractivity contribution in [3.05, 3.63) is 76.6 Å². The standard InChI is InChI=1S/C22H23ClFN3O/c1-26(18-9-10-25-13-18)22(28)27-14-16(19-12-17(23)7-8-20(19)24)11-21(27)15-5-3-2-4-6-15/h2-8,11-12,18,21,25H,9-10,13-14H2,1H3/t18?,21-/m0/s1. The molecule has 2 atom stereocenters. The van der Waals surface area contributed by atoms with E-state index in [9.17, 15) is 9.18 Å². The average Bonchev–Trinajstić information content (AvgIpc) is 3.39. The molecule has 2 aliphatic rings. The van der Waals surface area contributed by atoms with Crippen LogP contribution in [0.15, 0.2) is 54.6 Å². The maximum absolute atomic E-state index is 14.5. The summed E-state index contributed by atoms with van der Waals surface area (Å²) < 4.78 is 14.5. The van der Waals surface area contributed by atoms with Gasteiger partial charge >= 0.3 is 6.03 Å². The number of benzene rings is 2. The fourth-order valence-electron chi connectivity index (χ4n) is 3.98. The Hall–Kier alpha value is -2.37. The molecule has 2 amide bonds. The largest absolute Gasteiger partial charge is 0.323 e. The van der Waals surface area contributed by atoms with Gasteiger partial charge in [0.05, 0.1) is 6.04 Å². The minimum Gasteiger partial charge on any atom is -0.323 e. The molecule has 0 aliphatic carbocycles. The number of carbonyl (C=O) groups excluding carboxylic acids is 1. The van der Waals surface area contributed by atoms with Crippen molar-refractivity contribution in [2.24, 2.45) is 0 Å². The lowest BCUT2D eigenvalue weighted by Gasteiger charge is -2.33. The zero-order valence-electron chi connectivity index (χ0n) is 15.7. The van der Waals surface area contributed by atoms with Crippen LogP contribution in [0, 0.1) is 5.82 Å². The highest BCUT2D eigenvalue weighted by atomic mass is 35.5. The molecule has 1 unspecified atom stereocenters. The summed E-state index contributed by atoms with van der Waals surface area (Å²) in [5, 5.41) is 3.78. The molecule has 4 nitrogen and oxygen atoms in total. The first-order valence-electron chi connectivity index (χ1n) is 9.50. The lowest BCUT2D eigenvalue weighted by Crippen LogP contribution is -2.46. The molecule has 2 aromatic rings. The molecule has 28 heavy (non-hydrogen) atoms. The fraction of sp³-hybridized carbons (Fsp3) is 0.318. The van der Waals surface area contributed by atoms with Crippen molar-refractivity contribution in [2.45, 2.75) is 18.5 Å². The number of nitrogens with one attached hydrogen (secondary N) is 1. The Morgan fingerprint density at radius 3 is 2.75 bits per heavy atom. The van der Waals surface area contributed by atoms with Crippen LogP contribution in [0.3, 0.4) is 0 Å². The Bertz CT molecular complexity index is 896. The summed E-state index contributed by atoms with van der Waals surface area (Å²) >= 11 is 6.09. The first-order valence-corrected chi connectivity index (χ1v) is 9.87. The van der Waals surface area contributed by atoms with E-state index in [2.05, 4.69) is 5.32 Å². The number of nitrogens with zero attached hydrogens (tertiary/aromatic N) is 2. The van der Waals surface area contributed by atoms with Crippen molar-refractivity contribution in [1.82, 2.24) is 15.1 Å². The van der Waals surface area contributed by atoms with Crippen LogP contribution in [0.4, 0.5) is 9.18 Å². The van der Waals surface area contributed by atoms with Crippen molar-refractivity contribution < 1.29 is 9.18 Å². The minimum atomic E-state index is -0.329. The van der Waals surface area contributed by atoms with Crippen LogP contribution < -0.4 is 5.32 Å². The van der Waals surface area contributed by atoms with Gasteiger partial charge in [0.25, 0.3) is 0 Å². The van der Waals surface area contributed by atoms with E-state index in [0.29, 0.717) is 17.1 Å². The van der Waals surface area contributed by atoms with E-state index in [4.69, 9.17) is 11.6 Å². The molecule has 0 bridgehead atoms. The van der Waals surface area contributed by atoms with E-state index in [1.807, 2.05) is 48.4 Å². The van der Waals surface area contributed by atoms with Crippen molar-refractivity contribution in [3.63, 3.8) is 0 Å². The summed E-state index contributed by atoms with van der Waals surface area (Å²) in [7, 11) is 1.85. The Kier molecular flexibility index (Phi) is 5.38. The van der Waals surface area contributed by atoms with Crippen LogP contribution in [0.5, 0.6) is 0 Å². The van der Waals surface area contributed by atoms with Crippen molar-refractivity contribution in [3.8, 4) is 0 Å². The number of rotatable bonds is 3. The molecule has 0 spiro atoms. The van der Waals surface area contributed by atoms with Gasteiger partial charge in [0, 0.05) is 36.8 Å². The van der Waals surface area contributed by atoms with Gasteiger partial charge in [-0.3, -0.25) is 0 Å². The van der Waals surface area contributed by atoms with E-state index >= 15 is 0 Å². The number of halogens is 2. The maximum atomic E-state index is 14.5. The zero-order valence-corrected chi connectivity index (χ0v) is 16.5. The number of amides is 2. The Labute approximate surface area is 169 Å². The topological polar surface area (TPSA) is 35.6 Å². The van der Waals surface area contributed by atoms with Crippen molar-refractivity contribution in [2.75, 3.05) is 26.7 Å². The lowest BCUT2D eigenvalue weighted by molar-refractivity contribution is 0.148. The highest BCUT2D eigenvalue weighted by molar-refractivity contribution is 6.30. The Morgan fingerprint density at radius 2 is 2.04 bits per heavy atom. The van der Waals surface area contributed by atoms with E-state index < -0.39 is 0 Å². The van der Waals surface area contributed by atoms with Gasteiger partial charge in [-0.15, -0.1) is 0 Å².